The van der Waals surface area contributed by atoms with Gasteiger partial charge in [-0.05, 0) is 31.0 Å². The summed E-state index contributed by atoms with van der Waals surface area (Å²) in [5.74, 6) is 0.982. The van der Waals surface area contributed by atoms with E-state index in [1.54, 1.807) is 12.4 Å². The van der Waals surface area contributed by atoms with Crippen molar-refractivity contribution in [2.45, 2.75) is 32.4 Å². The molecule has 0 saturated carbocycles. The van der Waals surface area contributed by atoms with Gasteiger partial charge in [0.15, 0.2) is 0 Å². The van der Waals surface area contributed by atoms with E-state index < -0.39 is 0 Å². The van der Waals surface area contributed by atoms with Crippen molar-refractivity contribution in [3.8, 4) is 0 Å². The quantitative estimate of drug-likeness (QED) is 0.873. The number of nitrogens with two attached hydrogens (primary N) is 1. The molecule has 2 aromatic rings. The Balaban J connectivity index is 2.43. The molecule has 0 aliphatic rings. The van der Waals surface area contributed by atoms with Crippen LogP contribution in [0.25, 0.3) is 0 Å². The average molecular weight is 230 g/mol. The van der Waals surface area contributed by atoms with Crippen molar-refractivity contribution in [3.63, 3.8) is 0 Å². The third kappa shape index (κ3) is 2.36. The molecule has 2 unspecified atom stereocenters. The lowest BCUT2D eigenvalue weighted by Crippen LogP contribution is -2.32. The minimum absolute atomic E-state index is 0.0744. The van der Waals surface area contributed by atoms with E-state index in [-0.39, 0.29) is 12.1 Å². The molecule has 4 nitrogen and oxygen atoms in total. The largest absolute Gasteiger partial charge is 0.326 e. The normalized spacial score (nSPS) is 14.5. The second-order valence-corrected chi connectivity index (χ2v) is 4.18. The van der Waals surface area contributed by atoms with Gasteiger partial charge in [-0.2, -0.15) is 0 Å². The van der Waals surface area contributed by atoms with Gasteiger partial charge in [0.25, 0.3) is 0 Å². The number of imidazole rings is 1. The molecule has 2 N–H and O–H groups in total. The maximum atomic E-state index is 6.24. The van der Waals surface area contributed by atoms with Crippen LogP contribution in [-0.2, 0) is 0 Å². The molecule has 0 amide bonds. The Morgan fingerprint density at radius 1 is 1.29 bits per heavy atom. The molecule has 0 aromatic carbocycles. The van der Waals surface area contributed by atoms with Crippen molar-refractivity contribution in [3.05, 3.63) is 48.3 Å². The van der Waals surface area contributed by atoms with Crippen LogP contribution < -0.4 is 5.73 Å². The minimum Gasteiger partial charge on any atom is -0.326 e. The highest BCUT2D eigenvalue weighted by atomic mass is 15.1. The molecule has 2 atom stereocenters. The fraction of sp³-hybridized carbons (Fsp3) is 0.385. The highest BCUT2D eigenvalue weighted by molar-refractivity contribution is 5.19. The Morgan fingerprint density at radius 2 is 2.00 bits per heavy atom. The standard InChI is InChI=1S/C13H18N4/c1-3-12(14)13(11-4-6-15-7-5-11)17-9-8-16-10(17)2/h4-9,12-13H,3,14H2,1-2H3. The van der Waals surface area contributed by atoms with Crippen molar-refractivity contribution in [1.29, 1.82) is 0 Å². The summed E-state index contributed by atoms with van der Waals surface area (Å²) in [6.45, 7) is 4.10. The third-order valence-corrected chi connectivity index (χ3v) is 3.09. The van der Waals surface area contributed by atoms with Gasteiger partial charge >= 0.3 is 0 Å². The smallest absolute Gasteiger partial charge is 0.106 e. The predicted octanol–water partition coefficient (Wildman–Crippen LogP) is 1.91. The van der Waals surface area contributed by atoms with Crippen LogP contribution in [0.2, 0.25) is 0 Å². The Kier molecular flexibility index (Phi) is 3.54. The zero-order chi connectivity index (χ0) is 12.3. The molecule has 0 radical (unpaired) electrons. The lowest BCUT2D eigenvalue weighted by molar-refractivity contribution is 0.451. The van der Waals surface area contributed by atoms with Crippen LogP contribution in [0.4, 0.5) is 0 Å². The Morgan fingerprint density at radius 3 is 2.53 bits per heavy atom. The number of aryl methyl sites for hydroxylation is 1. The molecule has 0 bridgehead atoms. The first-order valence-electron chi connectivity index (χ1n) is 5.89. The predicted molar refractivity (Wildman–Crippen MR) is 67.6 cm³/mol. The Bertz CT molecular complexity index is 463. The molecule has 0 fully saturated rings. The molecule has 17 heavy (non-hydrogen) atoms. The van der Waals surface area contributed by atoms with Crippen molar-refractivity contribution in [2.24, 2.45) is 5.73 Å². The summed E-state index contributed by atoms with van der Waals surface area (Å²) in [4.78, 5) is 8.32. The van der Waals surface area contributed by atoms with Gasteiger partial charge in [-0.25, -0.2) is 4.98 Å². The molecule has 0 spiro atoms. The van der Waals surface area contributed by atoms with E-state index in [0.717, 1.165) is 12.2 Å². The first-order chi connectivity index (χ1) is 8.24. The van der Waals surface area contributed by atoms with E-state index in [2.05, 4.69) is 21.5 Å². The molecule has 90 valence electrons. The lowest BCUT2D eigenvalue weighted by atomic mass is 9.98. The maximum Gasteiger partial charge on any atom is 0.106 e. The van der Waals surface area contributed by atoms with Crippen LogP contribution in [0, 0.1) is 6.92 Å². The van der Waals surface area contributed by atoms with E-state index in [9.17, 15) is 0 Å². The maximum absolute atomic E-state index is 6.24. The summed E-state index contributed by atoms with van der Waals surface area (Å²) in [7, 11) is 0. The van der Waals surface area contributed by atoms with Crippen LogP contribution in [0.15, 0.2) is 36.9 Å². The highest BCUT2D eigenvalue weighted by Crippen LogP contribution is 2.23. The number of pyridine rings is 1. The molecular weight excluding hydrogens is 212 g/mol. The SMILES string of the molecule is CCC(N)C(c1ccncc1)n1ccnc1C. The van der Waals surface area contributed by atoms with Crippen LogP contribution in [0.3, 0.4) is 0 Å². The molecule has 2 aromatic heterocycles. The molecular formula is C13H18N4. The molecule has 4 heteroatoms. The topological polar surface area (TPSA) is 56.7 Å². The number of hydrogen-bond acceptors (Lipinski definition) is 3. The number of nitrogens with zero attached hydrogens (tertiary/aromatic N) is 3. The number of aromatic nitrogens is 3. The van der Waals surface area contributed by atoms with Gasteiger partial charge in [0.05, 0.1) is 6.04 Å². The van der Waals surface area contributed by atoms with E-state index >= 15 is 0 Å². The molecule has 0 saturated heterocycles. The van der Waals surface area contributed by atoms with Crippen molar-refractivity contribution in [1.82, 2.24) is 14.5 Å². The van der Waals surface area contributed by atoms with Crippen LogP contribution in [0.1, 0.15) is 30.8 Å². The fourth-order valence-electron chi connectivity index (χ4n) is 2.08. The van der Waals surface area contributed by atoms with Crippen molar-refractivity contribution >= 4 is 0 Å². The van der Waals surface area contributed by atoms with Gasteiger partial charge in [0.1, 0.15) is 5.82 Å². The fourth-order valence-corrected chi connectivity index (χ4v) is 2.08. The third-order valence-electron chi connectivity index (χ3n) is 3.09. The van der Waals surface area contributed by atoms with Crippen LogP contribution in [0.5, 0.6) is 0 Å². The number of rotatable bonds is 4. The van der Waals surface area contributed by atoms with Crippen LogP contribution in [-0.4, -0.2) is 20.6 Å². The summed E-state index contributed by atoms with van der Waals surface area (Å²) in [5, 5.41) is 0. The van der Waals surface area contributed by atoms with Gasteiger partial charge in [0, 0.05) is 30.8 Å². The van der Waals surface area contributed by atoms with Gasteiger partial charge in [-0.1, -0.05) is 6.92 Å². The first-order valence-corrected chi connectivity index (χ1v) is 5.89. The van der Waals surface area contributed by atoms with Crippen molar-refractivity contribution in [2.75, 3.05) is 0 Å². The monoisotopic (exact) mass is 230 g/mol. The van der Waals surface area contributed by atoms with E-state index in [4.69, 9.17) is 5.73 Å². The minimum atomic E-state index is 0.0744. The summed E-state index contributed by atoms with van der Waals surface area (Å²) < 4.78 is 2.13. The highest BCUT2D eigenvalue weighted by Gasteiger charge is 2.21. The summed E-state index contributed by atoms with van der Waals surface area (Å²) in [6, 6.07) is 4.23. The zero-order valence-electron chi connectivity index (χ0n) is 10.2. The van der Waals surface area contributed by atoms with Gasteiger partial charge in [-0.15, -0.1) is 0 Å². The van der Waals surface area contributed by atoms with E-state index in [0.29, 0.717) is 0 Å². The first kappa shape index (κ1) is 11.8. The molecule has 2 rings (SSSR count). The van der Waals surface area contributed by atoms with E-state index in [1.807, 2.05) is 31.5 Å². The zero-order valence-corrected chi connectivity index (χ0v) is 10.2. The second kappa shape index (κ2) is 5.10. The van der Waals surface area contributed by atoms with E-state index in [1.165, 1.54) is 5.56 Å². The second-order valence-electron chi connectivity index (χ2n) is 4.18. The summed E-state index contributed by atoms with van der Waals surface area (Å²) in [5.41, 5.74) is 7.42. The van der Waals surface area contributed by atoms with Gasteiger partial charge < -0.3 is 10.3 Å². The Labute approximate surface area is 102 Å². The average Bonchev–Trinajstić information content (AvgIpc) is 2.77. The van der Waals surface area contributed by atoms with Crippen molar-refractivity contribution < 1.29 is 0 Å². The molecule has 0 aliphatic heterocycles. The van der Waals surface area contributed by atoms with Gasteiger partial charge in [-0.3, -0.25) is 4.98 Å². The molecule has 0 aliphatic carbocycles. The Hall–Kier alpha value is -1.68. The summed E-state index contributed by atoms with van der Waals surface area (Å²) in [6.07, 6.45) is 8.32. The molecule has 2 heterocycles. The lowest BCUT2D eigenvalue weighted by Gasteiger charge is -2.25. The summed E-state index contributed by atoms with van der Waals surface area (Å²) >= 11 is 0. The van der Waals surface area contributed by atoms with Crippen LogP contribution >= 0.6 is 0 Å². The van der Waals surface area contributed by atoms with Gasteiger partial charge in [0.2, 0.25) is 0 Å². The number of hydrogen-bond donors (Lipinski definition) is 1.